The van der Waals surface area contributed by atoms with E-state index in [1.165, 1.54) is 23.1 Å². The summed E-state index contributed by atoms with van der Waals surface area (Å²) in [6.07, 6.45) is 0. The van der Waals surface area contributed by atoms with Gasteiger partial charge in [-0.3, -0.25) is 4.79 Å². The average Bonchev–Trinajstić information content (AvgIpc) is 2.72. The summed E-state index contributed by atoms with van der Waals surface area (Å²) >= 11 is 2.42. The summed E-state index contributed by atoms with van der Waals surface area (Å²) < 4.78 is 23.0. The summed E-state index contributed by atoms with van der Waals surface area (Å²) in [4.78, 5) is 11.4. The first-order valence-electron chi connectivity index (χ1n) is 5.12. The number of carbonyl (C=O) groups excluding carboxylic acids is 1. The zero-order valence-corrected chi connectivity index (χ0v) is 12.2. The number of nitrogen functional groups attached to an aromatic ring is 1. The van der Waals surface area contributed by atoms with E-state index < -0.39 is 9.84 Å². The van der Waals surface area contributed by atoms with Crippen LogP contribution in [0.25, 0.3) is 0 Å². The monoisotopic (exact) mass is 310 g/mol. The fourth-order valence-electron chi connectivity index (χ4n) is 0.947. The number of nitrogens with one attached hydrogen (secondary N) is 1. The zero-order valence-electron chi connectivity index (χ0n) is 9.75. The molecule has 1 heterocycles. The van der Waals surface area contributed by atoms with Crippen LogP contribution in [0, 0.1) is 0 Å². The van der Waals surface area contributed by atoms with Crippen molar-refractivity contribution in [2.24, 2.45) is 0 Å². The van der Waals surface area contributed by atoms with E-state index in [-0.39, 0.29) is 29.7 Å². The number of rotatable bonds is 7. The first kappa shape index (κ1) is 15.2. The summed E-state index contributed by atoms with van der Waals surface area (Å²) in [6.45, 7) is 1.71. The molecule has 1 aromatic heterocycles. The van der Waals surface area contributed by atoms with Crippen molar-refractivity contribution in [3.63, 3.8) is 0 Å². The molecule has 7 nitrogen and oxygen atoms in total. The molecule has 0 fully saturated rings. The van der Waals surface area contributed by atoms with E-state index in [9.17, 15) is 13.2 Å². The van der Waals surface area contributed by atoms with Crippen molar-refractivity contribution in [2.45, 2.75) is 11.3 Å². The Morgan fingerprint density at radius 3 is 2.78 bits per heavy atom. The molecule has 102 valence electrons. The van der Waals surface area contributed by atoms with Crippen molar-refractivity contribution in [3.05, 3.63) is 0 Å². The lowest BCUT2D eigenvalue weighted by molar-refractivity contribution is -0.118. The second-order valence-corrected chi connectivity index (χ2v) is 7.99. The molecule has 1 amide bonds. The molecule has 1 rings (SSSR count). The molecule has 0 saturated heterocycles. The topological polar surface area (TPSA) is 115 Å². The van der Waals surface area contributed by atoms with E-state index in [1.54, 1.807) is 6.92 Å². The quantitative estimate of drug-likeness (QED) is 0.668. The van der Waals surface area contributed by atoms with Crippen LogP contribution < -0.4 is 11.1 Å². The van der Waals surface area contributed by atoms with E-state index >= 15 is 0 Å². The summed E-state index contributed by atoms with van der Waals surface area (Å²) in [6, 6.07) is 0. The molecule has 0 aliphatic heterocycles. The van der Waals surface area contributed by atoms with Crippen LogP contribution >= 0.6 is 23.1 Å². The molecule has 10 heteroatoms. The first-order valence-corrected chi connectivity index (χ1v) is 8.74. The number of nitrogens with two attached hydrogens (primary N) is 1. The van der Waals surface area contributed by atoms with Crippen LogP contribution in [-0.4, -0.2) is 48.3 Å². The maximum atomic E-state index is 11.4. The highest BCUT2D eigenvalue weighted by Crippen LogP contribution is 2.22. The Labute approximate surface area is 113 Å². The molecule has 0 spiro atoms. The standard InChI is InChI=1S/C8H14N4O3S3/c1-2-18(14,15)4-3-10-6(13)5-16-8-12-11-7(9)17-8/h2-5H2,1H3,(H2,9,11)(H,10,13). The van der Waals surface area contributed by atoms with Crippen LogP contribution in [0.1, 0.15) is 6.92 Å². The number of hydrogen-bond acceptors (Lipinski definition) is 8. The van der Waals surface area contributed by atoms with Gasteiger partial charge in [-0.15, -0.1) is 10.2 Å². The summed E-state index contributed by atoms with van der Waals surface area (Å²) in [7, 11) is -3.04. The Morgan fingerprint density at radius 2 is 2.22 bits per heavy atom. The van der Waals surface area contributed by atoms with Gasteiger partial charge >= 0.3 is 0 Å². The Bertz CT molecular complexity index is 499. The minimum atomic E-state index is -3.04. The second-order valence-electron chi connectivity index (χ2n) is 3.28. The highest BCUT2D eigenvalue weighted by atomic mass is 32.2. The summed E-state index contributed by atoms with van der Waals surface area (Å²) in [5, 5.41) is 10.3. The van der Waals surface area contributed by atoms with Crippen LogP contribution in [0.5, 0.6) is 0 Å². The maximum absolute atomic E-state index is 11.4. The van der Waals surface area contributed by atoms with Gasteiger partial charge in [-0.05, 0) is 0 Å². The number of nitrogens with zero attached hydrogens (tertiary/aromatic N) is 2. The third kappa shape index (κ3) is 5.65. The molecule has 0 aromatic carbocycles. The lowest BCUT2D eigenvalue weighted by Crippen LogP contribution is -2.30. The van der Waals surface area contributed by atoms with Crippen molar-refractivity contribution < 1.29 is 13.2 Å². The van der Waals surface area contributed by atoms with Crippen molar-refractivity contribution in [3.8, 4) is 0 Å². The fourth-order valence-corrected chi connectivity index (χ4v) is 3.12. The van der Waals surface area contributed by atoms with E-state index in [2.05, 4.69) is 15.5 Å². The van der Waals surface area contributed by atoms with Crippen LogP contribution in [0.3, 0.4) is 0 Å². The number of thioether (sulfide) groups is 1. The van der Waals surface area contributed by atoms with Gasteiger partial charge in [-0.2, -0.15) is 0 Å². The predicted octanol–water partition coefficient (Wildman–Crippen LogP) is -0.237. The average molecular weight is 310 g/mol. The van der Waals surface area contributed by atoms with E-state index in [0.29, 0.717) is 9.47 Å². The predicted molar refractivity (Wildman–Crippen MR) is 72.4 cm³/mol. The molecule has 0 aliphatic rings. The highest BCUT2D eigenvalue weighted by molar-refractivity contribution is 8.01. The van der Waals surface area contributed by atoms with Crippen molar-refractivity contribution >= 4 is 44.0 Å². The Morgan fingerprint density at radius 1 is 1.50 bits per heavy atom. The molecule has 3 N–H and O–H groups in total. The molecule has 0 unspecified atom stereocenters. The van der Waals surface area contributed by atoms with Crippen molar-refractivity contribution in [1.29, 1.82) is 0 Å². The third-order valence-corrected chi connectivity index (χ3v) is 5.52. The van der Waals surface area contributed by atoms with E-state index in [4.69, 9.17) is 5.73 Å². The summed E-state index contributed by atoms with van der Waals surface area (Å²) in [5.41, 5.74) is 5.39. The van der Waals surface area contributed by atoms with Gasteiger partial charge in [0.15, 0.2) is 14.2 Å². The molecule has 0 aliphatic carbocycles. The number of anilines is 1. The van der Waals surface area contributed by atoms with E-state index in [1.807, 2.05) is 0 Å². The largest absolute Gasteiger partial charge is 0.374 e. The normalized spacial score (nSPS) is 11.4. The zero-order chi connectivity index (χ0) is 13.6. The van der Waals surface area contributed by atoms with Crippen molar-refractivity contribution in [1.82, 2.24) is 15.5 Å². The lowest BCUT2D eigenvalue weighted by atomic mass is 10.6. The van der Waals surface area contributed by atoms with Crippen LogP contribution in [0.15, 0.2) is 4.34 Å². The molecule has 1 aromatic rings. The van der Waals surface area contributed by atoms with E-state index in [0.717, 1.165) is 0 Å². The van der Waals surface area contributed by atoms with Crippen molar-refractivity contribution in [2.75, 3.05) is 29.5 Å². The Kier molecular flexibility index (Phi) is 5.82. The Balaban J connectivity index is 2.22. The van der Waals surface area contributed by atoms with Crippen LogP contribution in [0.2, 0.25) is 0 Å². The SMILES string of the molecule is CCS(=O)(=O)CCNC(=O)CSc1nnc(N)s1. The smallest absolute Gasteiger partial charge is 0.230 e. The van der Waals surface area contributed by atoms with Gasteiger partial charge in [0.05, 0.1) is 11.5 Å². The van der Waals surface area contributed by atoms with Gasteiger partial charge in [0.2, 0.25) is 11.0 Å². The molecule has 0 bridgehead atoms. The maximum Gasteiger partial charge on any atom is 0.230 e. The fraction of sp³-hybridized carbons (Fsp3) is 0.625. The summed E-state index contributed by atoms with van der Waals surface area (Å²) in [5.74, 6) is -0.0196. The van der Waals surface area contributed by atoms with Gasteiger partial charge in [-0.1, -0.05) is 30.0 Å². The van der Waals surface area contributed by atoms with Gasteiger partial charge in [0.25, 0.3) is 0 Å². The molecule has 0 saturated carbocycles. The first-order chi connectivity index (χ1) is 8.43. The van der Waals surface area contributed by atoms with Gasteiger partial charge in [0, 0.05) is 12.3 Å². The number of hydrogen-bond donors (Lipinski definition) is 2. The minimum Gasteiger partial charge on any atom is -0.374 e. The molecule has 0 atom stereocenters. The van der Waals surface area contributed by atoms with Crippen LogP contribution in [0.4, 0.5) is 5.13 Å². The number of amides is 1. The molecule has 0 radical (unpaired) electrons. The molecular weight excluding hydrogens is 296 g/mol. The number of carbonyl (C=O) groups is 1. The van der Waals surface area contributed by atoms with Gasteiger partial charge in [0.1, 0.15) is 0 Å². The van der Waals surface area contributed by atoms with Crippen LogP contribution in [-0.2, 0) is 14.6 Å². The highest BCUT2D eigenvalue weighted by Gasteiger charge is 2.09. The molecule has 18 heavy (non-hydrogen) atoms. The lowest BCUT2D eigenvalue weighted by Gasteiger charge is -2.03. The molecular formula is C8H14N4O3S3. The third-order valence-electron chi connectivity index (χ3n) is 1.92. The minimum absolute atomic E-state index is 0.0360. The van der Waals surface area contributed by atoms with Gasteiger partial charge < -0.3 is 11.1 Å². The Hall–Kier alpha value is -0.870. The van der Waals surface area contributed by atoms with Gasteiger partial charge in [-0.25, -0.2) is 8.42 Å². The number of sulfone groups is 1. The second kappa shape index (κ2) is 6.90. The number of aromatic nitrogens is 2.